The Morgan fingerprint density at radius 3 is 2.25 bits per heavy atom. The molecule has 1 unspecified atom stereocenters. The van der Waals surface area contributed by atoms with Crippen LogP contribution in [0.1, 0.15) is 43.3 Å². The predicted octanol–water partition coefficient (Wildman–Crippen LogP) is 3.76. The Balaban J connectivity index is 0.00000512. The van der Waals surface area contributed by atoms with Crippen LogP contribution in [-0.4, -0.2) is 49.2 Å². The Morgan fingerprint density at radius 1 is 1.16 bits per heavy atom. The van der Waals surface area contributed by atoms with Crippen LogP contribution in [0.25, 0.3) is 0 Å². The van der Waals surface area contributed by atoms with Crippen molar-refractivity contribution in [2.45, 2.75) is 53.6 Å². The Bertz CT molecular complexity index is 873. The van der Waals surface area contributed by atoms with Gasteiger partial charge in [-0.05, 0) is 64.3 Å². The Kier molecular flexibility index (Phi) is 11.7. The zero-order chi connectivity index (χ0) is 23.0. The number of methoxy groups -OCH3 is 2. The van der Waals surface area contributed by atoms with Gasteiger partial charge >= 0.3 is 0 Å². The second-order valence-corrected chi connectivity index (χ2v) is 7.48. The number of hydrogen-bond acceptors (Lipinski definition) is 5. The van der Waals surface area contributed by atoms with Gasteiger partial charge < -0.3 is 24.8 Å². The highest BCUT2D eigenvalue weighted by atomic mass is 127. The lowest BCUT2D eigenvalue weighted by Gasteiger charge is -2.18. The van der Waals surface area contributed by atoms with Crippen molar-refractivity contribution >= 4 is 29.9 Å². The molecule has 0 saturated heterocycles. The lowest BCUT2D eigenvalue weighted by molar-refractivity contribution is 0.288. The lowest BCUT2D eigenvalue weighted by atomic mass is 10.1. The summed E-state index contributed by atoms with van der Waals surface area (Å²) in [6, 6.07) is 4.07. The number of nitrogens with one attached hydrogen (secondary N) is 2. The van der Waals surface area contributed by atoms with Crippen LogP contribution in [0.4, 0.5) is 0 Å². The average Bonchev–Trinajstić information content (AvgIpc) is 2.98. The van der Waals surface area contributed by atoms with Crippen LogP contribution < -0.4 is 24.8 Å². The minimum atomic E-state index is 0. The van der Waals surface area contributed by atoms with Crippen molar-refractivity contribution in [2.24, 2.45) is 12.0 Å². The average molecular weight is 559 g/mol. The molecule has 0 aliphatic rings. The van der Waals surface area contributed by atoms with E-state index in [0.29, 0.717) is 30.4 Å². The summed E-state index contributed by atoms with van der Waals surface area (Å²) in [5.74, 6) is 2.66. The molecule has 0 amide bonds. The van der Waals surface area contributed by atoms with E-state index in [-0.39, 0.29) is 30.0 Å². The first-order chi connectivity index (χ1) is 14.8. The lowest BCUT2D eigenvalue weighted by Crippen LogP contribution is -2.43. The number of hydrogen-bond donors (Lipinski definition) is 2. The number of guanidine groups is 1. The molecule has 1 aromatic heterocycles. The molecular weight excluding hydrogens is 521 g/mol. The van der Waals surface area contributed by atoms with E-state index in [2.05, 4.69) is 43.4 Å². The summed E-state index contributed by atoms with van der Waals surface area (Å²) >= 11 is 0. The van der Waals surface area contributed by atoms with Gasteiger partial charge in [0.15, 0.2) is 17.5 Å². The number of aliphatic imine (C=N–C) groups is 1. The van der Waals surface area contributed by atoms with Crippen LogP contribution in [0.15, 0.2) is 17.1 Å². The minimum absolute atomic E-state index is 0. The maximum atomic E-state index is 5.68. The van der Waals surface area contributed by atoms with E-state index in [1.807, 2.05) is 30.8 Å². The maximum absolute atomic E-state index is 5.68. The summed E-state index contributed by atoms with van der Waals surface area (Å²) in [7, 11) is 5.23. The SMILES string of the molecule is CCNC(=NCc1cc(OC)c(OCC)c(OC)c1)NC(C)Cc1c(C)nn(C)c1C.I. The van der Waals surface area contributed by atoms with Gasteiger partial charge in [0.25, 0.3) is 0 Å². The van der Waals surface area contributed by atoms with E-state index in [1.54, 1.807) is 14.2 Å². The van der Waals surface area contributed by atoms with Gasteiger partial charge in [0.2, 0.25) is 5.75 Å². The molecule has 0 bridgehead atoms. The molecular formula is C23H38IN5O3. The monoisotopic (exact) mass is 559 g/mol. The zero-order valence-corrected chi connectivity index (χ0v) is 22.9. The van der Waals surface area contributed by atoms with Crippen LogP contribution in [0.3, 0.4) is 0 Å². The first kappa shape index (κ1) is 27.9. The number of benzene rings is 1. The second-order valence-electron chi connectivity index (χ2n) is 7.48. The van der Waals surface area contributed by atoms with E-state index < -0.39 is 0 Å². The van der Waals surface area contributed by atoms with Gasteiger partial charge in [0.1, 0.15) is 0 Å². The molecule has 0 spiro atoms. The highest BCUT2D eigenvalue weighted by Gasteiger charge is 2.15. The van der Waals surface area contributed by atoms with Crippen molar-refractivity contribution < 1.29 is 14.2 Å². The number of ether oxygens (including phenoxy) is 3. The first-order valence-electron chi connectivity index (χ1n) is 10.8. The van der Waals surface area contributed by atoms with Gasteiger partial charge in [-0.25, -0.2) is 4.99 Å². The molecule has 0 aliphatic heterocycles. The number of aryl methyl sites for hydroxylation is 2. The predicted molar refractivity (Wildman–Crippen MR) is 140 cm³/mol. The molecule has 0 aliphatic carbocycles. The van der Waals surface area contributed by atoms with Gasteiger partial charge in [-0.3, -0.25) is 4.68 Å². The van der Waals surface area contributed by atoms with Crippen molar-refractivity contribution in [1.82, 2.24) is 20.4 Å². The maximum Gasteiger partial charge on any atom is 0.203 e. The van der Waals surface area contributed by atoms with Crippen molar-refractivity contribution in [3.05, 3.63) is 34.6 Å². The van der Waals surface area contributed by atoms with Gasteiger partial charge in [-0.15, -0.1) is 24.0 Å². The van der Waals surface area contributed by atoms with Gasteiger partial charge in [-0.2, -0.15) is 5.10 Å². The molecule has 0 saturated carbocycles. The van der Waals surface area contributed by atoms with Crippen molar-refractivity contribution in [2.75, 3.05) is 27.4 Å². The Morgan fingerprint density at radius 2 is 1.78 bits per heavy atom. The third kappa shape index (κ3) is 7.18. The van der Waals surface area contributed by atoms with E-state index >= 15 is 0 Å². The van der Waals surface area contributed by atoms with Gasteiger partial charge in [-0.1, -0.05) is 0 Å². The Hall–Kier alpha value is -2.17. The number of halogens is 1. The largest absolute Gasteiger partial charge is 0.493 e. The van der Waals surface area contributed by atoms with Crippen LogP contribution in [0.5, 0.6) is 17.2 Å². The van der Waals surface area contributed by atoms with Crippen molar-refractivity contribution in [3.63, 3.8) is 0 Å². The molecule has 180 valence electrons. The van der Waals surface area contributed by atoms with Crippen LogP contribution in [0.2, 0.25) is 0 Å². The van der Waals surface area contributed by atoms with Crippen LogP contribution in [0, 0.1) is 13.8 Å². The fraction of sp³-hybridized carbons (Fsp3) is 0.565. The van der Waals surface area contributed by atoms with E-state index in [9.17, 15) is 0 Å². The third-order valence-corrected chi connectivity index (χ3v) is 5.13. The first-order valence-corrected chi connectivity index (χ1v) is 10.8. The highest BCUT2D eigenvalue weighted by molar-refractivity contribution is 14.0. The molecule has 2 aromatic rings. The molecule has 0 radical (unpaired) electrons. The van der Waals surface area contributed by atoms with Crippen molar-refractivity contribution in [1.29, 1.82) is 0 Å². The zero-order valence-electron chi connectivity index (χ0n) is 20.5. The number of rotatable bonds is 10. The summed E-state index contributed by atoms with van der Waals surface area (Å²) in [4.78, 5) is 4.76. The van der Waals surface area contributed by atoms with E-state index in [4.69, 9.17) is 19.2 Å². The van der Waals surface area contributed by atoms with Crippen LogP contribution >= 0.6 is 24.0 Å². The van der Waals surface area contributed by atoms with Crippen molar-refractivity contribution in [3.8, 4) is 17.2 Å². The number of nitrogens with zero attached hydrogens (tertiary/aromatic N) is 3. The van der Waals surface area contributed by atoms with Gasteiger partial charge in [0, 0.05) is 25.3 Å². The third-order valence-electron chi connectivity index (χ3n) is 5.13. The molecule has 0 fully saturated rings. The summed E-state index contributed by atoms with van der Waals surface area (Å²) in [6.45, 7) is 12.1. The number of aromatic nitrogens is 2. The van der Waals surface area contributed by atoms with Crippen LogP contribution in [-0.2, 0) is 20.0 Å². The molecule has 32 heavy (non-hydrogen) atoms. The van der Waals surface area contributed by atoms with E-state index in [1.165, 1.54) is 11.3 Å². The Labute approximate surface area is 209 Å². The topological polar surface area (TPSA) is 81.9 Å². The van der Waals surface area contributed by atoms with E-state index in [0.717, 1.165) is 30.2 Å². The molecule has 1 aromatic carbocycles. The fourth-order valence-corrected chi connectivity index (χ4v) is 3.51. The smallest absolute Gasteiger partial charge is 0.203 e. The molecule has 8 nitrogen and oxygen atoms in total. The fourth-order valence-electron chi connectivity index (χ4n) is 3.51. The summed E-state index contributed by atoms with van der Waals surface area (Å²) in [6.07, 6.45) is 0.876. The minimum Gasteiger partial charge on any atom is -0.493 e. The summed E-state index contributed by atoms with van der Waals surface area (Å²) < 4.78 is 18.6. The summed E-state index contributed by atoms with van der Waals surface area (Å²) in [5.41, 5.74) is 4.52. The molecule has 2 rings (SSSR count). The quantitative estimate of drug-likeness (QED) is 0.262. The molecule has 1 heterocycles. The standard InChI is InChI=1S/C23H37N5O3.HI/c1-9-24-23(26-15(3)11-19-16(4)27-28(6)17(19)5)25-14-18-12-20(29-7)22(31-10-2)21(13-18)30-8;/h12-13,15H,9-11,14H2,1-8H3,(H2,24,25,26);1H. The molecule has 2 N–H and O–H groups in total. The highest BCUT2D eigenvalue weighted by Crippen LogP contribution is 2.38. The van der Waals surface area contributed by atoms with Gasteiger partial charge in [0.05, 0.1) is 33.1 Å². The summed E-state index contributed by atoms with van der Waals surface area (Å²) in [5, 5.41) is 11.3. The second kappa shape index (κ2) is 13.4. The molecule has 9 heteroatoms. The molecule has 1 atom stereocenters. The normalized spacial score (nSPS) is 12.1.